The van der Waals surface area contributed by atoms with Gasteiger partial charge in [-0.1, -0.05) is 6.07 Å². The number of hydrogen-bond donors (Lipinski definition) is 0. The smallest absolute Gasteiger partial charge is 0.253 e. The first-order valence-corrected chi connectivity index (χ1v) is 9.44. The molecule has 0 aliphatic carbocycles. The molecule has 138 valence electrons. The van der Waals surface area contributed by atoms with Crippen LogP contribution in [0.4, 0.5) is 0 Å². The van der Waals surface area contributed by atoms with Crippen LogP contribution < -0.4 is 0 Å². The Morgan fingerprint density at radius 1 is 1.31 bits per heavy atom. The van der Waals surface area contributed by atoms with Crippen molar-refractivity contribution in [3.63, 3.8) is 0 Å². The molecule has 2 aliphatic rings. The average Bonchev–Trinajstić information content (AvgIpc) is 2.98. The van der Waals surface area contributed by atoms with Crippen molar-refractivity contribution in [1.82, 2.24) is 14.8 Å². The highest BCUT2D eigenvalue weighted by Gasteiger charge is 2.48. The van der Waals surface area contributed by atoms with Crippen molar-refractivity contribution in [1.29, 1.82) is 0 Å². The van der Waals surface area contributed by atoms with Crippen molar-refractivity contribution in [2.45, 2.75) is 12.8 Å². The fourth-order valence-electron chi connectivity index (χ4n) is 4.62. The molecule has 2 fully saturated rings. The van der Waals surface area contributed by atoms with E-state index < -0.39 is 0 Å². The molecule has 4 rings (SSSR count). The molecule has 5 nitrogen and oxygen atoms in total. The van der Waals surface area contributed by atoms with Crippen LogP contribution in [-0.2, 0) is 4.74 Å². The van der Waals surface area contributed by atoms with Crippen molar-refractivity contribution in [2.75, 3.05) is 46.9 Å². The summed E-state index contributed by atoms with van der Waals surface area (Å²) >= 11 is 0. The van der Waals surface area contributed by atoms with Crippen LogP contribution in [0, 0.1) is 11.3 Å². The summed E-state index contributed by atoms with van der Waals surface area (Å²) in [6.45, 7) is 4.33. The molecule has 1 amide bonds. The zero-order chi connectivity index (χ0) is 18.1. The third-order valence-electron chi connectivity index (χ3n) is 6.02. The van der Waals surface area contributed by atoms with E-state index in [0.29, 0.717) is 5.92 Å². The van der Waals surface area contributed by atoms with E-state index in [0.717, 1.165) is 62.2 Å². The molecule has 1 aromatic heterocycles. The standard InChI is InChI=1S/C21H27N3O2/c1-23(2)13-18-14-24(15-21(18)7-10-26-11-8-21)20(25)17-5-6-19-16(12-17)4-3-9-22-19/h3-6,9,12,18H,7-8,10-11,13-15H2,1-2H3/t18-/m1/s1. The Bertz CT molecular complexity index is 799. The predicted molar refractivity (Wildman–Crippen MR) is 102 cm³/mol. The summed E-state index contributed by atoms with van der Waals surface area (Å²) in [7, 11) is 4.24. The van der Waals surface area contributed by atoms with Crippen molar-refractivity contribution >= 4 is 16.8 Å². The van der Waals surface area contributed by atoms with Crippen LogP contribution >= 0.6 is 0 Å². The van der Waals surface area contributed by atoms with Gasteiger partial charge in [-0.05, 0) is 62.5 Å². The van der Waals surface area contributed by atoms with Gasteiger partial charge in [0.05, 0.1) is 5.52 Å². The lowest BCUT2D eigenvalue weighted by Crippen LogP contribution is -2.40. The molecule has 0 saturated carbocycles. The Labute approximate surface area is 154 Å². The Hall–Kier alpha value is -1.98. The number of likely N-dealkylation sites (tertiary alicyclic amines) is 1. The Kier molecular flexibility index (Phi) is 4.67. The minimum absolute atomic E-state index is 0.142. The van der Waals surface area contributed by atoms with Gasteiger partial charge in [-0.2, -0.15) is 0 Å². The number of aromatic nitrogens is 1. The number of hydrogen-bond acceptors (Lipinski definition) is 4. The zero-order valence-corrected chi connectivity index (χ0v) is 15.6. The van der Waals surface area contributed by atoms with Crippen LogP contribution in [-0.4, -0.2) is 67.6 Å². The zero-order valence-electron chi connectivity index (χ0n) is 15.6. The fraction of sp³-hybridized carbons (Fsp3) is 0.524. The van der Waals surface area contributed by atoms with Crippen LogP contribution in [0.2, 0.25) is 0 Å². The first-order valence-electron chi connectivity index (χ1n) is 9.44. The van der Waals surface area contributed by atoms with E-state index >= 15 is 0 Å². The summed E-state index contributed by atoms with van der Waals surface area (Å²) in [5.41, 5.74) is 1.89. The highest BCUT2D eigenvalue weighted by atomic mass is 16.5. The monoisotopic (exact) mass is 353 g/mol. The van der Waals surface area contributed by atoms with Crippen molar-refractivity contribution in [3.05, 3.63) is 42.1 Å². The predicted octanol–water partition coefficient (Wildman–Crippen LogP) is 2.67. The molecule has 2 saturated heterocycles. The molecule has 0 N–H and O–H groups in total. The van der Waals surface area contributed by atoms with Gasteiger partial charge in [0.1, 0.15) is 0 Å². The van der Waals surface area contributed by atoms with Crippen LogP contribution in [0.15, 0.2) is 36.5 Å². The number of nitrogens with zero attached hydrogens (tertiary/aromatic N) is 3. The number of ether oxygens (including phenoxy) is 1. The van der Waals surface area contributed by atoms with E-state index in [1.807, 2.05) is 30.3 Å². The molecule has 5 heteroatoms. The summed E-state index contributed by atoms with van der Waals surface area (Å²) in [4.78, 5) is 21.9. The summed E-state index contributed by atoms with van der Waals surface area (Å²) < 4.78 is 5.61. The highest BCUT2D eigenvalue weighted by molar-refractivity contribution is 5.98. The lowest BCUT2D eigenvalue weighted by Gasteiger charge is -2.38. The Balaban J connectivity index is 1.59. The number of pyridine rings is 1. The molecule has 2 aromatic rings. The second-order valence-electron chi connectivity index (χ2n) is 8.03. The van der Waals surface area contributed by atoms with Gasteiger partial charge >= 0.3 is 0 Å². The quantitative estimate of drug-likeness (QED) is 0.851. The van der Waals surface area contributed by atoms with Crippen molar-refractivity contribution < 1.29 is 9.53 Å². The topological polar surface area (TPSA) is 45.7 Å². The van der Waals surface area contributed by atoms with Gasteiger partial charge in [-0.3, -0.25) is 9.78 Å². The summed E-state index contributed by atoms with van der Waals surface area (Å²) in [6.07, 6.45) is 3.89. The third-order valence-corrected chi connectivity index (χ3v) is 6.02. The first kappa shape index (κ1) is 17.4. The van der Waals surface area contributed by atoms with E-state index in [1.54, 1.807) is 6.20 Å². The lowest BCUT2D eigenvalue weighted by molar-refractivity contribution is -0.00451. The molecular weight excluding hydrogens is 326 g/mol. The largest absolute Gasteiger partial charge is 0.381 e. The highest BCUT2D eigenvalue weighted by Crippen LogP contribution is 2.44. The minimum Gasteiger partial charge on any atom is -0.381 e. The van der Waals surface area contributed by atoms with Gasteiger partial charge < -0.3 is 14.5 Å². The Morgan fingerprint density at radius 3 is 2.88 bits per heavy atom. The molecule has 0 unspecified atom stereocenters. The van der Waals surface area contributed by atoms with E-state index in [-0.39, 0.29) is 11.3 Å². The van der Waals surface area contributed by atoms with Crippen LogP contribution in [0.5, 0.6) is 0 Å². The van der Waals surface area contributed by atoms with Gasteiger partial charge in [-0.15, -0.1) is 0 Å². The average molecular weight is 353 g/mol. The lowest BCUT2D eigenvalue weighted by atomic mass is 9.72. The van der Waals surface area contributed by atoms with Gasteiger partial charge in [0.2, 0.25) is 0 Å². The molecule has 2 aliphatic heterocycles. The number of fused-ring (bicyclic) bond motifs is 1. The van der Waals surface area contributed by atoms with E-state index in [2.05, 4.69) is 28.9 Å². The van der Waals surface area contributed by atoms with E-state index in [9.17, 15) is 4.79 Å². The maximum atomic E-state index is 13.2. The summed E-state index contributed by atoms with van der Waals surface area (Å²) in [5.74, 6) is 0.648. The molecule has 1 spiro atoms. The van der Waals surface area contributed by atoms with Crippen LogP contribution in [0.25, 0.3) is 10.9 Å². The molecule has 3 heterocycles. The SMILES string of the molecule is CN(C)C[C@@H]1CN(C(=O)c2ccc3ncccc3c2)CC12CCOCC2. The van der Waals surface area contributed by atoms with E-state index in [1.165, 1.54) is 0 Å². The third kappa shape index (κ3) is 3.21. The fourth-order valence-corrected chi connectivity index (χ4v) is 4.62. The van der Waals surface area contributed by atoms with Crippen molar-refractivity contribution in [3.8, 4) is 0 Å². The van der Waals surface area contributed by atoms with Gasteiger partial charge in [0.15, 0.2) is 0 Å². The normalized spacial score (nSPS) is 22.4. The van der Waals surface area contributed by atoms with Gasteiger partial charge in [-0.25, -0.2) is 0 Å². The van der Waals surface area contributed by atoms with Crippen molar-refractivity contribution in [2.24, 2.45) is 11.3 Å². The molecular formula is C21H27N3O2. The molecule has 0 bridgehead atoms. The molecule has 26 heavy (non-hydrogen) atoms. The first-order chi connectivity index (χ1) is 12.6. The minimum atomic E-state index is 0.142. The molecule has 1 aromatic carbocycles. The number of rotatable bonds is 3. The summed E-state index contributed by atoms with van der Waals surface area (Å²) in [6, 6.07) is 9.75. The second-order valence-corrected chi connectivity index (χ2v) is 8.03. The Morgan fingerprint density at radius 2 is 2.12 bits per heavy atom. The van der Waals surface area contributed by atoms with Gasteiger partial charge in [0, 0.05) is 50.0 Å². The number of amides is 1. The maximum Gasteiger partial charge on any atom is 0.253 e. The summed E-state index contributed by atoms with van der Waals surface area (Å²) in [5, 5.41) is 1.02. The number of carbonyl (C=O) groups is 1. The number of carbonyl (C=O) groups excluding carboxylic acids is 1. The van der Waals surface area contributed by atoms with Gasteiger partial charge in [0.25, 0.3) is 5.91 Å². The molecule has 0 radical (unpaired) electrons. The molecule has 1 atom stereocenters. The van der Waals surface area contributed by atoms with Crippen LogP contribution in [0.3, 0.4) is 0 Å². The van der Waals surface area contributed by atoms with E-state index in [4.69, 9.17) is 4.74 Å². The number of benzene rings is 1. The van der Waals surface area contributed by atoms with Crippen LogP contribution in [0.1, 0.15) is 23.2 Å². The second kappa shape index (κ2) is 6.97. The maximum absolute atomic E-state index is 13.2.